The lowest BCUT2D eigenvalue weighted by molar-refractivity contribution is 0.0954. The molecule has 0 aromatic heterocycles. The Morgan fingerprint density at radius 2 is 2.08 bits per heavy atom. The molecule has 0 bridgehead atoms. The van der Waals surface area contributed by atoms with Gasteiger partial charge in [-0.15, -0.1) is 0 Å². The van der Waals surface area contributed by atoms with Crippen LogP contribution in [-0.2, 0) is 11.3 Å². The molecule has 2 unspecified atom stereocenters. The second-order valence-electron chi connectivity index (χ2n) is 5.93. The van der Waals surface area contributed by atoms with Gasteiger partial charge in [0.05, 0.1) is 12.5 Å². The summed E-state index contributed by atoms with van der Waals surface area (Å²) < 4.78 is 6.45. The molecule has 0 saturated carbocycles. The third kappa shape index (κ3) is 5.54. The minimum atomic E-state index is -0.293. The standard InChI is InChI=1S/C19H23BrN2O3/c1-3-10-25-12-14-4-6-15(7-5-14)19(24)22-21-11-16-13(2)17(20)8-9-18(16)23/h4-9,11,13,16,23H,3,10,12H2,1-2H3,(H,22,24)/b21-11+. The molecule has 0 fully saturated rings. The molecule has 1 aliphatic carbocycles. The number of allylic oxidation sites excluding steroid dienone is 4. The highest BCUT2D eigenvalue weighted by atomic mass is 79.9. The van der Waals surface area contributed by atoms with E-state index in [9.17, 15) is 9.90 Å². The molecule has 2 atom stereocenters. The zero-order valence-corrected chi connectivity index (χ0v) is 16.0. The number of benzene rings is 1. The third-order valence-corrected chi connectivity index (χ3v) is 4.95. The van der Waals surface area contributed by atoms with E-state index in [2.05, 4.69) is 33.4 Å². The van der Waals surface area contributed by atoms with Crippen LogP contribution in [0.1, 0.15) is 36.2 Å². The molecule has 0 radical (unpaired) electrons. The summed E-state index contributed by atoms with van der Waals surface area (Å²) in [4.78, 5) is 12.1. The molecule has 0 saturated heterocycles. The maximum atomic E-state index is 12.1. The van der Waals surface area contributed by atoms with Gasteiger partial charge in [-0.05, 0) is 40.8 Å². The Morgan fingerprint density at radius 1 is 1.36 bits per heavy atom. The first-order valence-electron chi connectivity index (χ1n) is 8.29. The van der Waals surface area contributed by atoms with E-state index in [1.54, 1.807) is 24.4 Å². The van der Waals surface area contributed by atoms with Crippen LogP contribution in [0.15, 0.2) is 51.8 Å². The number of aliphatic hydroxyl groups excluding tert-OH is 1. The number of carbonyl (C=O) groups excluding carboxylic acids is 1. The Hall–Kier alpha value is -1.92. The number of hydrazone groups is 1. The van der Waals surface area contributed by atoms with Gasteiger partial charge in [0, 0.05) is 24.3 Å². The van der Waals surface area contributed by atoms with Crippen LogP contribution in [-0.4, -0.2) is 23.8 Å². The molecule has 1 amide bonds. The van der Waals surface area contributed by atoms with Gasteiger partial charge in [0.2, 0.25) is 0 Å². The summed E-state index contributed by atoms with van der Waals surface area (Å²) in [5.74, 6) is -0.269. The number of hydrogen-bond acceptors (Lipinski definition) is 4. The maximum Gasteiger partial charge on any atom is 0.271 e. The molecular weight excluding hydrogens is 384 g/mol. The van der Waals surface area contributed by atoms with Crippen LogP contribution in [0.5, 0.6) is 0 Å². The summed E-state index contributed by atoms with van der Waals surface area (Å²) in [6.07, 6.45) is 5.97. The number of nitrogens with zero attached hydrogens (tertiary/aromatic N) is 1. The number of hydrogen-bond donors (Lipinski definition) is 2. The highest BCUT2D eigenvalue weighted by Crippen LogP contribution is 2.32. The zero-order chi connectivity index (χ0) is 18.2. The number of aliphatic hydroxyl groups is 1. The average Bonchev–Trinajstić information content (AvgIpc) is 2.62. The maximum absolute atomic E-state index is 12.1. The molecule has 0 heterocycles. The van der Waals surface area contributed by atoms with Crippen molar-refractivity contribution in [2.45, 2.75) is 26.9 Å². The topological polar surface area (TPSA) is 70.9 Å². The van der Waals surface area contributed by atoms with Crippen molar-refractivity contribution in [2.75, 3.05) is 6.61 Å². The van der Waals surface area contributed by atoms with Crippen LogP contribution < -0.4 is 5.43 Å². The first-order valence-corrected chi connectivity index (χ1v) is 9.08. The van der Waals surface area contributed by atoms with E-state index < -0.39 is 0 Å². The summed E-state index contributed by atoms with van der Waals surface area (Å²) in [6.45, 7) is 5.30. The number of ether oxygens (including phenoxy) is 1. The highest BCUT2D eigenvalue weighted by molar-refractivity contribution is 9.11. The van der Waals surface area contributed by atoms with E-state index in [4.69, 9.17) is 4.74 Å². The van der Waals surface area contributed by atoms with E-state index >= 15 is 0 Å². The van der Waals surface area contributed by atoms with Crippen molar-refractivity contribution in [3.05, 3.63) is 57.8 Å². The predicted octanol–water partition coefficient (Wildman–Crippen LogP) is 4.32. The molecule has 134 valence electrons. The fourth-order valence-electron chi connectivity index (χ4n) is 2.39. The molecule has 1 aromatic carbocycles. The number of nitrogens with one attached hydrogen (secondary N) is 1. The Bertz CT molecular complexity index is 680. The molecule has 1 aromatic rings. The SMILES string of the molecule is CCCOCc1ccc(C(=O)N/N=C/C2C(O)=CC=C(Br)C2C)cc1. The first kappa shape index (κ1) is 19.4. The van der Waals surface area contributed by atoms with Crippen molar-refractivity contribution in [2.24, 2.45) is 16.9 Å². The fourth-order valence-corrected chi connectivity index (χ4v) is 2.81. The molecule has 1 aliphatic rings. The fraction of sp³-hybridized carbons (Fsp3) is 0.368. The summed E-state index contributed by atoms with van der Waals surface area (Å²) in [5, 5.41) is 13.9. The average molecular weight is 407 g/mol. The largest absolute Gasteiger partial charge is 0.512 e. The lowest BCUT2D eigenvalue weighted by atomic mass is 9.89. The minimum absolute atomic E-state index is 0.0630. The number of amides is 1. The predicted molar refractivity (Wildman–Crippen MR) is 103 cm³/mol. The monoisotopic (exact) mass is 406 g/mol. The van der Waals surface area contributed by atoms with Gasteiger partial charge in [0.15, 0.2) is 0 Å². The molecule has 2 N–H and O–H groups in total. The van der Waals surface area contributed by atoms with E-state index in [1.165, 1.54) is 0 Å². The van der Waals surface area contributed by atoms with Gasteiger partial charge in [-0.3, -0.25) is 4.79 Å². The van der Waals surface area contributed by atoms with Gasteiger partial charge in [-0.2, -0.15) is 5.10 Å². The quantitative estimate of drug-likeness (QED) is 0.402. The van der Waals surface area contributed by atoms with Crippen molar-refractivity contribution >= 4 is 28.1 Å². The molecule has 0 spiro atoms. The van der Waals surface area contributed by atoms with Crippen molar-refractivity contribution in [1.29, 1.82) is 0 Å². The smallest absolute Gasteiger partial charge is 0.271 e. The Kier molecular flexibility index (Phi) is 7.40. The minimum Gasteiger partial charge on any atom is -0.512 e. The van der Waals surface area contributed by atoms with Crippen LogP contribution in [0.4, 0.5) is 0 Å². The molecule has 5 nitrogen and oxygen atoms in total. The van der Waals surface area contributed by atoms with Gasteiger partial charge in [0.1, 0.15) is 5.76 Å². The lowest BCUT2D eigenvalue weighted by Gasteiger charge is -2.22. The Balaban J connectivity index is 1.89. The van der Waals surface area contributed by atoms with Crippen LogP contribution >= 0.6 is 15.9 Å². The molecule has 2 rings (SSSR count). The molecule has 25 heavy (non-hydrogen) atoms. The van der Waals surface area contributed by atoms with Crippen molar-refractivity contribution in [3.63, 3.8) is 0 Å². The summed E-state index contributed by atoms with van der Waals surface area (Å²) in [5.41, 5.74) is 4.05. The molecular formula is C19H23BrN2O3. The van der Waals surface area contributed by atoms with Crippen LogP contribution in [0.2, 0.25) is 0 Å². The number of carbonyl (C=O) groups is 1. The summed E-state index contributed by atoms with van der Waals surface area (Å²) in [7, 11) is 0. The second-order valence-corrected chi connectivity index (χ2v) is 6.84. The van der Waals surface area contributed by atoms with Gasteiger partial charge >= 0.3 is 0 Å². The number of halogens is 1. The van der Waals surface area contributed by atoms with Crippen LogP contribution in [0.25, 0.3) is 0 Å². The van der Waals surface area contributed by atoms with Gasteiger partial charge in [-0.1, -0.05) is 41.9 Å². The van der Waals surface area contributed by atoms with Crippen molar-refractivity contribution < 1.29 is 14.6 Å². The van der Waals surface area contributed by atoms with Gasteiger partial charge in [-0.25, -0.2) is 5.43 Å². The van der Waals surface area contributed by atoms with E-state index in [1.807, 2.05) is 25.1 Å². The van der Waals surface area contributed by atoms with Crippen LogP contribution in [0.3, 0.4) is 0 Å². The van der Waals surface area contributed by atoms with E-state index in [-0.39, 0.29) is 23.5 Å². The molecule has 0 aliphatic heterocycles. The third-order valence-electron chi connectivity index (χ3n) is 3.96. The summed E-state index contributed by atoms with van der Waals surface area (Å²) >= 11 is 3.45. The Morgan fingerprint density at radius 3 is 2.76 bits per heavy atom. The Labute approximate surface area is 156 Å². The van der Waals surface area contributed by atoms with Gasteiger partial charge < -0.3 is 9.84 Å². The first-order chi connectivity index (χ1) is 12.0. The molecule has 6 heteroatoms. The van der Waals surface area contributed by atoms with E-state index in [0.29, 0.717) is 12.2 Å². The second kappa shape index (κ2) is 9.53. The van der Waals surface area contributed by atoms with Gasteiger partial charge in [0.25, 0.3) is 5.91 Å². The lowest BCUT2D eigenvalue weighted by Crippen LogP contribution is -2.22. The highest BCUT2D eigenvalue weighted by Gasteiger charge is 2.24. The van der Waals surface area contributed by atoms with Crippen molar-refractivity contribution in [1.82, 2.24) is 5.43 Å². The van der Waals surface area contributed by atoms with E-state index in [0.717, 1.165) is 23.1 Å². The zero-order valence-electron chi connectivity index (χ0n) is 14.4. The van der Waals surface area contributed by atoms with Crippen LogP contribution in [0, 0.1) is 11.8 Å². The number of rotatable bonds is 7. The summed E-state index contributed by atoms with van der Waals surface area (Å²) in [6, 6.07) is 7.23. The van der Waals surface area contributed by atoms with Crippen molar-refractivity contribution in [3.8, 4) is 0 Å². The normalized spacial score (nSPS) is 20.3.